The van der Waals surface area contributed by atoms with Gasteiger partial charge in [0.15, 0.2) is 12.4 Å². The molecule has 0 unspecified atom stereocenters. The highest BCUT2D eigenvalue weighted by atomic mass is 19.4. The number of para-hydroxylation sites is 2. The van der Waals surface area contributed by atoms with E-state index in [2.05, 4.69) is 99.7 Å². The van der Waals surface area contributed by atoms with Gasteiger partial charge in [-0.3, -0.25) is 0 Å². The Kier molecular flexibility index (Phi) is 14.8. The van der Waals surface area contributed by atoms with E-state index < -0.39 is 24.3 Å². The molecule has 1 aliphatic rings. The van der Waals surface area contributed by atoms with E-state index in [0.29, 0.717) is 5.92 Å². The van der Waals surface area contributed by atoms with Crippen molar-refractivity contribution in [1.29, 1.82) is 0 Å². The number of carbonyl (C=O) groups is 2. The minimum absolute atomic E-state index is 0. The van der Waals surface area contributed by atoms with Crippen molar-refractivity contribution in [3.63, 3.8) is 0 Å². The fourth-order valence-corrected chi connectivity index (χ4v) is 5.06. The van der Waals surface area contributed by atoms with E-state index in [0.717, 1.165) is 26.2 Å². The zero-order valence-electron chi connectivity index (χ0n) is 26.2. The van der Waals surface area contributed by atoms with Gasteiger partial charge in [-0.1, -0.05) is 31.2 Å². The van der Waals surface area contributed by atoms with Crippen LogP contribution in [0.4, 0.5) is 37.7 Å². The normalized spacial score (nSPS) is 14.6. The molecule has 4 bridgehead atoms. The van der Waals surface area contributed by atoms with Crippen molar-refractivity contribution < 1.29 is 60.8 Å². The van der Waals surface area contributed by atoms with Crippen LogP contribution in [0.3, 0.4) is 0 Å². The SMILES string of the molecule is CC1CCNc2cc[n+](c3ccccc23)CCCCC[n+]2ccc(c3ccccc32)NCC1.O.O=C([O-])C(F)(F)F.O=C([O-])C(F)(F)F. The Bertz CT molecular complexity index is 1530. The number of nitrogens with one attached hydrogen (secondary N) is 2. The molecule has 2 aromatic heterocycles. The van der Waals surface area contributed by atoms with Crippen LogP contribution in [0.2, 0.25) is 0 Å². The number of hydrogen-bond donors (Lipinski definition) is 2. The Labute approximate surface area is 273 Å². The van der Waals surface area contributed by atoms with E-state index in [-0.39, 0.29) is 5.48 Å². The number of aliphatic carboxylic acids is 2. The number of hydrogen-bond acceptors (Lipinski definition) is 6. The quantitative estimate of drug-likeness (QED) is 0.215. The highest BCUT2D eigenvalue weighted by Gasteiger charge is 2.29. The Morgan fingerprint density at radius 2 is 1.02 bits per heavy atom. The lowest BCUT2D eigenvalue weighted by molar-refractivity contribution is -0.675. The number of nitrogens with zero attached hydrogens (tertiary/aromatic N) is 2. The first kappa shape index (κ1) is 39.5. The maximum Gasteiger partial charge on any atom is 0.430 e. The van der Waals surface area contributed by atoms with Crippen molar-refractivity contribution in [2.75, 3.05) is 23.7 Å². The summed E-state index contributed by atoms with van der Waals surface area (Å²) in [5.74, 6) is -5.35. The van der Waals surface area contributed by atoms with Crippen LogP contribution in [0.25, 0.3) is 21.8 Å². The maximum atomic E-state index is 10.5. The fourth-order valence-electron chi connectivity index (χ4n) is 5.06. The average molecular weight is 685 g/mol. The van der Waals surface area contributed by atoms with Gasteiger partial charge in [-0.15, -0.1) is 0 Å². The van der Waals surface area contributed by atoms with E-state index in [1.54, 1.807) is 0 Å². The number of carboxylic acid groups (broad SMARTS) is 2. The molecule has 3 heterocycles. The zero-order valence-corrected chi connectivity index (χ0v) is 26.2. The Hall–Kier alpha value is -4.66. The Morgan fingerprint density at radius 3 is 1.38 bits per heavy atom. The number of benzene rings is 2. The molecule has 4 aromatic rings. The second-order valence-electron chi connectivity index (χ2n) is 11.0. The smallest absolute Gasteiger partial charge is 0.430 e. The number of aromatic nitrogens is 2. The largest absolute Gasteiger partial charge is 0.542 e. The number of rotatable bonds is 0. The summed E-state index contributed by atoms with van der Waals surface area (Å²) in [4.78, 5) is 17.6. The molecular weight excluding hydrogens is 646 g/mol. The molecular formula is C33H38F6N4O5. The molecule has 2 aromatic carbocycles. The van der Waals surface area contributed by atoms with Crippen LogP contribution in [0.5, 0.6) is 0 Å². The number of halogens is 6. The number of alkyl halides is 6. The van der Waals surface area contributed by atoms with Crippen LogP contribution in [-0.2, 0) is 22.7 Å². The van der Waals surface area contributed by atoms with Crippen LogP contribution in [0, 0.1) is 5.92 Å². The van der Waals surface area contributed by atoms with Gasteiger partial charge in [-0.25, -0.2) is 0 Å². The number of carbonyl (C=O) groups excluding carboxylic acids is 2. The first-order valence-electron chi connectivity index (χ1n) is 15.0. The van der Waals surface area contributed by atoms with Crippen molar-refractivity contribution in [2.45, 2.75) is 64.5 Å². The summed E-state index contributed by atoms with van der Waals surface area (Å²) < 4.78 is 67.9. The lowest BCUT2D eigenvalue weighted by Crippen LogP contribution is -2.37. The highest BCUT2D eigenvalue weighted by molar-refractivity contribution is 5.89. The van der Waals surface area contributed by atoms with Gasteiger partial charge in [0.05, 0.1) is 22.1 Å². The van der Waals surface area contributed by atoms with Crippen LogP contribution in [0.1, 0.15) is 39.0 Å². The predicted octanol–water partition coefficient (Wildman–Crippen LogP) is 3.46. The lowest BCUT2D eigenvalue weighted by atomic mass is 10.0. The summed E-state index contributed by atoms with van der Waals surface area (Å²) in [6.45, 7) is 6.49. The van der Waals surface area contributed by atoms with Crippen molar-refractivity contribution in [3.8, 4) is 0 Å². The molecule has 0 fully saturated rings. The topological polar surface area (TPSA) is 144 Å². The van der Waals surface area contributed by atoms with E-state index >= 15 is 0 Å². The van der Waals surface area contributed by atoms with Gasteiger partial charge in [0.2, 0.25) is 11.0 Å². The standard InChI is InChI=1S/C29H34N4.2C2HF3O2.H2O/c1-23-13-17-30-26-15-21-32(28-11-5-3-9-24(26)28)19-7-2-8-20-33-22-16-27(31-18-14-23)25-10-4-6-12-29(25)33;2*3-2(4,5)1(6)7;/h3-6,9-12,15-16,21-23H,2,7-8,13-14,17-20H2,1H3;2*(H,6,7);1H2. The third-order valence-electron chi connectivity index (χ3n) is 7.52. The third kappa shape index (κ3) is 11.9. The van der Waals surface area contributed by atoms with Gasteiger partial charge < -0.3 is 35.9 Å². The average Bonchev–Trinajstić information content (AvgIpc) is 3.01. The molecule has 4 N–H and O–H groups in total. The molecule has 9 nitrogen and oxygen atoms in total. The van der Waals surface area contributed by atoms with Crippen LogP contribution < -0.4 is 30.0 Å². The molecule has 0 atom stereocenters. The molecule has 1 aliphatic heterocycles. The molecule has 0 saturated carbocycles. The molecule has 0 saturated heterocycles. The number of aryl methyl sites for hydroxylation is 2. The summed E-state index contributed by atoms with van der Waals surface area (Å²) in [6, 6.07) is 22.1. The van der Waals surface area contributed by atoms with Crippen molar-refractivity contribution in [3.05, 3.63) is 73.1 Å². The van der Waals surface area contributed by atoms with Crippen molar-refractivity contribution in [1.82, 2.24) is 0 Å². The Morgan fingerprint density at radius 1 is 0.667 bits per heavy atom. The Balaban J connectivity index is 0.000000451. The van der Waals surface area contributed by atoms with E-state index in [4.69, 9.17) is 19.8 Å². The van der Waals surface area contributed by atoms with Crippen LogP contribution in [0.15, 0.2) is 73.1 Å². The summed E-state index contributed by atoms with van der Waals surface area (Å²) in [6.07, 6.45) is 0.0737. The van der Waals surface area contributed by atoms with Gasteiger partial charge in [0, 0.05) is 50.2 Å². The molecule has 0 aliphatic carbocycles. The summed E-state index contributed by atoms with van der Waals surface area (Å²) >= 11 is 0. The van der Waals surface area contributed by atoms with E-state index in [9.17, 15) is 26.3 Å². The number of pyridine rings is 2. The minimum Gasteiger partial charge on any atom is -0.542 e. The molecule has 262 valence electrons. The van der Waals surface area contributed by atoms with Crippen molar-refractivity contribution in [2.24, 2.45) is 5.92 Å². The third-order valence-corrected chi connectivity index (χ3v) is 7.52. The maximum absolute atomic E-state index is 10.5. The van der Waals surface area contributed by atoms with Gasteiger partial charge in [-0.05, 0) is 37.3 Å². The van der Waals surface area contributed by atoms with Crippen LogP contribution >= 0.6 is 0 Å². The molecule has 0 radical (unpaired) electrons. The summed E-state index contributed by atoms with van der Waals surface area (Å²) in [5.41, 5.74) is 5.16. The van der Waals surface area contributed by atoms with E-state index in [1.165, 1.54) is 65.3 Å². The van der Waals surface area contributed by atoms with Gasteiger partial charge in [-0.2, -0.15) is 35.5 Å². The zero-order chi connectivity index (χ0) is 34.6. The summed E-state index contributed by atoms with van der Waals surface area (Å²) in [7, 11) is 0. The second kappa shape index (κ2) is 18.0. The van der Waals surface area contributed by atoms with Crippen molar-refractivity contribution >= 4 is 45.1 Å². The highest BCUT2D eigenvalue weighted by Crippen LogP contribution is 2.23. The predicted molar refractivity (Wildman–Crippen MR) is 163 cm³/mol. The van der Waals surface area contributed by atoms with Gasteiger partial charge in [0.25, 0.3) is 0 Å². The molecule has 15 heteroatoms. The number of anilines is 2. The second-order valence-corrected chi connectivity index (χ2v) is 11.0. The molecule has 0 amide bonds. The van der Waals surface area contributed by atoms with Gasteiger partial charge >= 0.3 is 12.4 Å². The fraction of sp³-hybridized carbons (Fsp3) is 0.394. The van der Waals surface area contributed by atoms with Gasteiger partial charge in [0.1, 0.15) is 25.0 Å². The minimum atomic E-state index is -5.19. The number of fused-ring (bicyclic) bond motifs is 12. The monoisotopic (exact) mass is 684 g/mol. The first-order chi connectivity index (χ1) is 22.2. The first-order valence-corrected chi connectivity index (χ1v) is 15.0. The summed E-state index contributed by atoms with van der Waals surface area (Å²) in [5, 5.41) is 27.7. The molecule has 5 rings (SSSR count). The molecule has 0 spiro atoms. The number of carboxylic acids is 2. The van der Waals surface area contributed by atoms with Crippen LogP contribution in [-0.4, -0.2) is 42.9 Å². The molecule has 48 heavy (non-hydrogen) atoms. The van der Waals surface area contributed by atoms with E-state index in [1.807, 2.05) is 0 Å². The lowest BCUT2D eigenvalue weighted by Gasteiger charge is -2.15.